The number of hydrogen-bond donors (Lipinski definition) is 9. The van der Waals surface area contributed by atoms with Crippen LogP contribution < -0.4 is 38.1 Å². The van der Waals surface area contributed by atoms with Gasteiger partial charge in [0.05, 0.1) is 6.42 Å². The Morgan fingerprint density at radius 1 is 0.756 bits per heavy atom. The minimum atomic E-state index is -1.46. The molecule has 5 atom stereocenters. The molecule has 0 aromatic heterocycles. The summed E-state index contributed by atoms with van der Waals surface area (Å²) in [5.41, 5.74) is 11.4. The Labute approximate surface area is 261 Å². The van der Waals surface area contributed by atoms with Gasteiger partial charge >= 0.3 is 5.97 Å². The number of carboxylic acid groups (broad SMARTS) is 1. The van der Waals surface area contributed by atoms with Crippen LogP contribution in [0.25, 0.3) is 0 Å². The Bertz CT molecular complexity index is 1190. The van der Waals surface area contributed by atoms with E-state index in [1.165, 1.54) is 31.2 Å². The summed E-state index contributed by atoms with van der Waals surface area (Å²) in [6.45, 7) is 6.07. The predicted octanol–water partition coefficient (Wildman–Crippen LogP) is -1.86. The van der Waals surface area contributed by atoms with E-state index in [1.54, 1.807) is 13.8 Å². The first-order chi connectivity index (χ1) is 21.0. The highest BCUT2D eigenvalue weighted by Gasteiger charge is 2.33. The summed E-state index contributed by atoms with van der Waals surface area (Å²) < 4.78 is 0. The minimum absolute atomic E-state index is 0.0262. The highest BCUT2D eigenvalue weighted by molar-refractivity contribution is 5.97. The van der Waals surface area contributed by atoms with Gasteiger partial charge in [-0.15, -0.1) is 0 Å². The molecule has 0 aliphatic rings. The largest absolute Gasteiger partial charge is 0.508 e. The number of carbonyl (C=O) groups is 7. The number of hydrogen-bond acceptors (Lipinski definition) is 9. The average Bonchev–Trinajstić information content (AvgIpc) is 2.94. The van der Waals surface area contributed by atoms with Crippen molar-refractivity contribution in [2.75, 3.05) is 6.54 Å². The van der Waals surface area contributed by atoms with Crippen LogP contribution in [0.2, 0.25) is 0 Å². The van der Waals surface area contributed by atoms with Gasteiger partial charge in [-0.3, -0.25) is 33.6 Å². The van der Waals surface area contributed by atoms with Crippen LogP contribution in [0.5, 0.6) is 5.75 Å². The Morgan fingerprint density at radius 2 is 1.31 bits per heavy atom. The number of benzene rings is 1. The summed E-state index contributed by atoms with van der Waals surface area (Å²) >= 11 is 0. The van der Waals surface area contributed by atoms with E-state index in [2.05, 4.69) is 26.6 Å². The van der Waals surface area contributed by atoms with Gasteiger partial charge in [-0.1, -0.05) is 26.0 Å². The number of primary amides is 1. The fourth-order valence-electron chi connectivity index (χ4n) is 4.18. The molecule has 6 amide bonds. The molecule has 1 aromatic rings. The van der Waals surface area contributed by atoms with E-state index < -0.39 is 84.0 Å². The lowest BCUT2D eigenvalue weighted by Crippen LogP contribution is -2.60. The Kier molecular flexibility index (Phi) is 16.0. The first kappa shape index (κ1) is 38.3. The highest BCUT2D eigenvalue weighted by Crippen LogP contribution is 2.13. The topological polar surface area (TPSA) is 272 Å². The number of nitrogens with one attached hydrogen (secondary N) is 5. The average molecular weight is 636 g/mol. The molecule has 45 heavy (non-hydrogen) atoms. The molecule has 1 rings (SSSR count). The lowest BCUT2D eigenvalue weighted by Gasteiger charge is -2.28. The fraction of sp³-hybridized carbons (Fsp3) is 0.552. The van der Waals surface area contributed by atoms with Gasteiger partial charge in [0.2, 0.25) is 35.4 Å². The second kappa shape index (κ2) is 18.8. The fourth-order valence-corrected chi connectivity index (χ4v) is 4.18. The van der Waals surface area contributed by atoms with Gasteiger partial charge in [-0.25, -0.2) is 0 Å². The van der Waals surface area contributed by atoms with E-state index in [4.69, 9.17) is 16.6 Å². The van der Waals surface area contributed by atoms with Crippen molar-refractivity contribution >= 4 is 41.4 Å². The van der Waals surface area contributed by atoms with Crippen LogP contribution >= 0.6 is 0 Å². The molecule has 0 aliphatic heterocycles. The van der Waals surface area contributed by atoms with Crippen molar-refractivity contribution in [3.05, 3.63) is 29.8 Å². The Hall–Kier alpha value is -4.73. The normalized spacial score (nSPS) is 14.2. The molecule has 0 unspecified atom stereocenters. The van der Waals surface area contributed by atoms with Crippen molar-refractivity contribution in [2.45, 2.75) is 90.0 Å². The maximum Gasteiger partial charge on any atom is 0.305 e. The highest BCUT2D eigenvalue weighted by atomic mass is 16.4. The number of amides is 6. The van der Waals surface area contributed by atoms with Gasteiger partial charge in [0.1, 0.15) is 36.0 Å². The molecule has 0 aliphatic carbocycles. The number of rotatable bonds is 19. The second-order valence-corrected chi connectivity index (χ2v) is 11.0. The molecule has 16 nitrogen and oxygen atoms in total. The van der Waals surface area contributed by atoms with Crippen LogP contribution in [0.3, 0.4) is 0 Å². The number of carboxylic acids is 1. The van der Waals surface area contributed by atoms with Gasteiger partial charge < -0.3 is 48.3 Å². The molecule has 0 heterocycles. The molecular formula is C29H45N7O9. The van der Waals surface area contributed by atoms with Crippen LogP contribution in [-0.4, -0.2) is 88.4 Å². The van der Waals surface area contributed by atoms with Crippen molar-refractivity contribution in [2.24, 2.45) is 17.4 Å². The summed E-state index contributed by atoms with van der Waals surface area (Å²) in [5, 5.41) is 31.2. The predicted molar refractivity (Wildman–Crippen MR) is 162 cm³/mol. The standard InChI is InChI=1S/C29H45N7O9/c1-15(2)24(36-28(44)22(14-23(39)40)33-17(4)37)29(45)35-21(13-18-8-10-19(38)11-9-18)27(43)34-20(7-5-6-12-30)26(42)32-16(3)25(31)41/h8-11,15-16,20-22,24,38H,5-7,12-14,30H2,1-4H3,(H2,31,41)(H,32,42)(H,33,37)(H,34,43)(H,35,45)(H,36,44)(H,39,40)/t16-,20-,21-,22-,24-/m0/s1. The van der Waals surface area contributed by atoms with Crippen molar-refractivity contribution in [1.82, 2.24) is 26.6 Å². The Morgan fingerprint density at radius 3 is 1.82 bits per heavy atom. The molecule has 0 radical (unpaired) electrons. The lowest BCUT2D eigenvalue weighted by atomic mass is 9.99. The third kappa shape index (κ3) is 14.1. The van der Waals surface area contributed by atoms with Crippen LogP contribution in [0.1, 0.15) is 58.9 Å². The molecule has 0 fully saturated rings. The van der Waals surface area contributed by atoms with Crippen LogP contribution in [0.15, 0.2) is 24.3 Å². The van der Waals surface area contributed by atoms with E-state index in [9.17, 15) is 38.7 Å². The van der Waals surface area contributed by atoms with Crippen LogP contribution in [0, 0.1) is 5.92 Å². The molecule has 0 saturated carbocycles. The number of aliphatic carboxylic acids is 1. The van der Waals surface area contributed by atoms with E-state index in [0.29, 0.717) is 24.9 Å². The number of phenols is 1. The monoisotopic (exact) mass is 635 g/mol. The lowest BCUT2D eigenvalue weighted by molar-refractivity contribution is -0.141. The van der Waals surface area contributed by atoms with E-state index in [0.717, 1.165) is 6.92 Å². The number of nitrogens with two attached hydrogens (primary N) is 2. The first-order valence-corrected chi connectivity index (χ1v) is 14.5. The number of aromatic hydroxyl groups is 1. The van der Waals surface area contributed by atoms with Crippen molar-refractivity contribution in [3.63, 3.8) is 0 Å². The van der Waals surface area contributed by atoms with Crippen LogP contribution in [-0.2, 0) is 40.0 Å². The summed E-state index contributed by atoms with van der Waals surface area (Å²) in [6.07, 6.45) is 0.363. The molecule has 0 saturated heterocycles. The van der Waals surface area contributed by atoms with E-state index in [-0.39, 0.29) is 18.6 Å². The number of unbranched alkanes of at least 4 members (excludes halogenated alkanes) is 1. The van der Waals surface area contributed by atoms with Crippen LogP contribution in [0.4, 0.5) is 0 Å². The molecule has 1 aromatic carbocycles. The van der Waals surface area contributed by atoms with Gasteiger partial charge in [0.15, 0.2) is 0 Å². The second-order valence-electron chi connectivity index (χ2n) is 11.0. The maximum atomic E-state index is 13.6. The zero-order valence-electron chi connectivity index (χ0n) is 25.9. The van der Waals surface area contributed by atoms with Crippen molar-refractivity contribution in [3.8, 4) is 5.75 Å². The minimum Gasteiger partial charge on any atom is -0.508 e. The maximum absolute atomic E-state index is 13.6. The molecule has 0 spiro atoms. The third-order valence-corrected chi connectivity index (χ3v) is 6.69. The molecular weight excluding hydrogens is 590 g/mol. The van der Waals surface area contributed by atoms with Crippen molar-refractivity contribution < 1.29 is 43.8 Å². The molecule has 11 N–H and O–H groups in total. The summed E-state index contributed by atoms with van der Waals surface area (Å²) in [5.74, 6) is -6.48. The van der Waals surface area contributed by atoms with Gasteiger partial charge in [0, 0.05) is 13.3 Å². The van der Waals surface area contributed by atoms with E-state index in [1.807, 2.05) is 0 Å². The zero-order chi connectivity index (χ0) is 34.3. The van der Waals surface area contributed by atoms with Crippen molar-refractivity contribution in [1.29, 1.82) is 0 Å². The number of phenolic OH excluding ortho intramolecular Hbond substituents is 1. The summed E-state index contributed by atoms with van der Waals surface area (Å²) in [4.78, 5) is 87.3. The number of carbonyl (C=O) groups excluding carboxylic acids is 6. The summed E-state index contributed by atoms with van der Waals surface area (Å²) in [6, 6.07) is -0.274. The smallest absolute Gasteiger partial charge is 0.305 e. The first-order valence-electron chi connectivity index (χ1n) is 14.5. The molecule has 0 bridgehead atoms. The zero-order valence-corrected chi connectivity index (χ0v) is 25.9. The van der Waals surface area contributed by atoms with E-state index >= 15 is 0 Å². The quantitative estimate of drug-likeness (QED) is 0.0765. The third-order valence-electron chi connectivity index (χ3n) is 6.69. The van der Waals surface area contributed by atoms with Gasteiger partial charge in [0.25, 0.3) is 0 Å². The van der Waals surface area contributed by atoms with Gasteiger partial charge in [-0.2, -0.15) is 0 Å². The molecule has 16 heteroatoms. The molecule has 250 valence electrons. The SMILES string of the molecule is CC(=O)N[C@@H](CC(=O)O)C(=O)N[C@H](C(=O)N[C@@H](Cc1ccc(O)cc1)C(=O)N[C@@H](CCCCN)C(=O)N[C@@H](C)C(N)=O)C(C)C. The summed E-state index contributed by atoms with van der Waals surface area (Å²) in [7, 11) is 0. The van der Waals surface area contributed by atoms with Gasteiger partial charge in [-0.05, 0) is 56.3 Å². The Balaban J connectivity index is 3.30.